The van der Waals surface area contributed by atoms with Gasteiger partial charge in [0.15, 0.2) is 70.9 Å². The summed E-state index contributed by atoms with van der Waals surface area (Å²) in [5, 5.41) is 43.3. The van der Waals surface area contributed by atoms with Crippen molar-refractivity contribution in [3.05, 3.63) is 219 Å². The van der Waals surface area contributed by atoms with Crippen LogP contribution in [-0.2, 0) is 105 Å². The molecule has 0 bridgehead atoms. The van der Waals surface area contributed by atoms with Crippen LogP contribution in [0.5, 0.6) is 46.0 Å². The van der Waals surface area contributed by atoms with Crippen molar-refractivity contribution >= 4 is 37.2 Å². The summed E-state index contributed by atoms with van der Waals surface area (Å²) < 4.78 is 266. The number of amides is 1. The number of nitrogens with one attached hydrogen (secondary N) is 4. The molecule has 9 aliphatic rings. The summed E-state index contributed by atoms with van der Waals surface area (Å²) in [5.74, 6) is -11.9. The van der Waals surface area contributed by atoms with E-state index in [-0.39, 0.29) is 72.5 Å². The van der Waals surface area contributed by atoms with Crippen LogP contribution >= 0.6 is 31.3 Å². The molecule has 9 aliphatic heterocycles. The highest BCUT2D eigenvalue weighted by molar-refractivity contribution is 7.49. The Labute approximate surface area is 680 Å². The number of ether oxygens (including phenoxy) is 8. The van der Waals surface area contributed by atoms with Crippen LogP contribution < -0.4 is 76.1 Å². The Morgan fingerprint density at radius 3 is 1.15 bits per heavy atom. The summed E-state index contributed by atoms with van der Waals surface area (Å²) in [5.41, 5.74) is -3.10. The molecule has 120 heavy (non-hydrogen) atoms. The summed E-state index contributed by atoms with van der Waals surface area (Å²) in [6.45, 7) is -6.26. The quantitative estimate of drug-likeness (QED) is 0.0340. The largest absolute Gasteiger partial charge is 0.530 e. The molecule has 4 unspecified atom stereocenters. The van der Waals surface area contributed by atoms with Crippen molar-refractivity contribution in [2.24, 2.45) is 0 Å². The number of para-hydroxylation sites is 4. The molecule has 0 spiro atoms. The highest BCUT2D eigenvalue weighted by Crippen LogP contribution is 2.62. The lowest BCUT2D eigenvalue weighted by Gasteiger charge is -2.33. The monoisotopic (exact) mass is 1780 g/mol. The first kappa shape index (κ1) is 79.8. The van der Waals surface area contributed by atoms with Crippen molar-refractivity contribution in [3.63, 3.8) is 0 Å². The number of H-pyrrole nitrogens is 3. The Balaban J connectivity index is 0.000000144. The minimum Gasteiger partial charge on any atom is -0.493 e. The van der Waals surface area contributed by atoms with Gasteiger partial charge in [-0.05, 0) is 24.3 Å². The van der Waals surface area contributed by atoms with E-state index >= 15 is 17.6 Å². The highest BCUT2D eigenvalue weighted by atomic mass is 31.2. The van der Waals surface area contributed by atoms with Crippen molar-refractivity contribution in [3.8, 4) is 46.0 Å². The molecule has 16 rings (SSSR count). The van der Waals surface area contributed by atoms with Crippen LogP contribution in [0.2, 0.25) is 0 Å². The molecule has 0 saturated carbocycles. The normalized spacial score (nSPS) is 33.4. The van der Waals surface area contributed by atoms with Crippen LogP contribution in [0.3, 0.4) is 0 Å². The van der Waals surface area contributed by atoms with E-state index in [2.05, 4.69) is 11.9 Å². The van der Waals surface area contributed by atoms with Crippen molar-refractivity contribution in [1.82, 2.24) is 38.9 Å². The van der Waals surface area contributed by atoms with Crippen molar-refractivity contribution < 1.29 is 161 Å². The van der Waals surface area contributed by atoms with E-state index in [4.69, 9.17) is 100 Å². The Hall–Kier alpha value is -9.93. The maximum atomic E-state index is 15.7. The number of fused-ring (bicyclic) bond motifs is 4. The first-order chi connectivity index (χ1) is 59.1. The lowest BCUT2D eigenvalue weighted by molar-refractivity contribution is -0.184. The number of benzene rings is 4. The van der Waals surface area contributed by atoms with Gasteiger partial charge in [-0.15, -0.1) is 0 Å². The number of aliphatic hydroxyl groups excluding tert-OH is 4. The first-order valence-corrected chi connectivity index (χ1v) is 40.7. The highest BCUT2D eigenvalue weighted by Gasteiger charge is 2.56. The van der Waals surface area contributed by atoms with E-state index in [1.165, 1.54) is 40.6 Å². The molecular weight excluding hydrogens is 1700 g/mol. The van der Waals surface area contributed by atoms with Crippen molar-refractivity contribution in [2.75, 3.05) is 54.8 Å². The van der Waals surface area contributed by atoms with Gasteiger partial charge in [-0.2, -0.15) is 0 Å². The number of carbonyl (C=O) groups is 1. The van der Waals surface area contributed by atoms with Gasteiger partial charge in [-0.1, -0.05) is 55.1 Å². The van der Waals surface area contributed by atoms with E-state index in [0.29, 0.717) is 37.1 Å². The van der Waals surface area contributed by atoms with E-state index < -0.39 is 196 Å². The second-order valence-corrected chi connectivity index (χ2v) is 32.4. The fraction of sp³-hybridized carbons (Fsp3) is 0.406. The molecule has 1 amide bonds. The predicted octanol–water partition coefficient (Wildman–Crippen LogP) is 5.59. The zero-order chi connectivity index (χ0) is 91.5. The minimum atomic E-state index is -4.74. The molecule has 0 aliphatic carbocycles. The molecule has 7 aromatic rings. The molecule has 648 valence electrons. The number of aromatic nitrogens is 6. The number of aliphatic hydroxyl groups is 4. The lowest BCUT2D eigenvalue weighted by atomic mass is 10.1. The average molecular weight is 1780 g/mol. The fourth-order valence-corrected chi connectivity index (χ4v) is 16.9. The number of alkyl halides is 4. The maximum Gasteiger partial charge on any atom is 0.530 e. The molecule has 43 nitrogen and oxygen atoms in total. The summed E-state index contributed by atoms with van der Waals surface area (Å²) in [4.78, 5) is 87.4. The van der Waals surface area contributed by atoms with Crippen LogP contribution in [-0.4, -0.2) is 169 Å². The van der Waals surface area contributed by atoms with Gasteiger partial charge in [0.2, 0.25) is 23.4 Å². The summed E-state index contributed by atoms with van der Waals surface area (Å²) >= 11 is 0. The molecular formula is C69H74F4N8O35P4. The zero-order valence-electron chi connectivity index (χ0n) is 68.3. The maximum absolute atomic E-state index is 15.7. The number of rotatable bonds is 20. The summed E-state index contributed by atoms with van der Waals surface area (Å²) in [7, 11) is -12.5. The smallest absolute Gasteiger partial charge is 0.493 e. The Morgan fingerprint density at radius 2 is 0.775 bits per heavy atom. The van der Waals surface area contributed by atoms with Gasteiger partial charge < -0.3 is 86.6 Å². The third-order valence-electron chi connectivity index (χ3n) is 17.8. The van der Waals surface area contributed by atoms with Crippen molar-refractivity contribution in [2.45, 2.75) is 125 Å². The average Bonchev–Trinajstić information content (AvgIpc) is 1.84. The van der Waals surface area contributed by atoms with E-state index in [1.54, 1.807) is 60.7 Å². The predicted molar refractivity (Wildman–Crippen MR) is 393 cm³/mol. The number of phosphoric acid groups is 4. The molecule has 51 heteroatoms. The van der Waals surface area contributed by atoms with Crippen LogP contribution in [0.15, 0.2) is 163 Å². The number of carbonyl (C=O) groups excluding carboxylic acids is 1. The van der Waals surface area contributed by atoms with Gasteiger partial charge in [-0.25, -0.2) is 50.2 Å². The number of phosphoric ester groups is 4. The molecule has 0 radical (unpaired) electrons. The van der Waals surface area contributed by atoms with Crippen molar-refractivity contribution in [1.29, 1.82) is 0 Å². The third kappa shape index (κ3) is 19.8. The Bertz CT molecular complexity index is 5950. The van der Waals surface area contributed by atoms with Crippen LogP contribution in [0.25, 0.3) is 0 Å². The second-order valence-electron chi connectivity index (χ2n) is 26.2. The number of nitrogens with zero attached hydrogens (tertiary/aromatic N) is 4. The topological polar surface area (TPSA) is 531 Å². The molecule has 16 atom stereocenters. The third-order valence-corrected chi connectivity index (χ3v) is 22.7. The minimum absolute atomic E-state index is 0.0154. The summed E-state index contributed by atoms with van der Waals surface area (Å²) in [6.07, 6.45) is -13.8. The number of halogens is 4. The van der Waals surface area contributed by atoms with Gasteiger partial charge in [0, 0.05) is 97.0 Å². The Kier molecular flexibility index (Phi) is 23.5. The Morgan fingerprint density at radius 1 is 0.458 bits per heavy atom. The number of aromatic amines is 3. The van der Waals surface area contributed by atoms with Crippen LogP contribution in [0.1, 0.15) is 74.8 Å². The first-order valence-electron chi connectivity index (χ1n) is 37.9. The van der Waals surface area contributed by atoms with Crippen LogP contribution in [0, 0.1) is 0 Å². The van der Waals surface area contributed by atoms with Gasteiger partial charge in [0.05, 0.1) is 63.1 Å². The van der Waals surface area contributed by atoms with E-state index in [9.17, 15) is 72.2 Å². The fourth-order valence-electron chi connectivity index (χ4n) is 12.2. The van der Waals surface area contributed by atoms with Gasteiger partial charge in [0.1, 0.15) is 56.6 Å². The molecule has 4 fully saturated rings. The number of hydrogen-bond donors (Lipinski definition) is 8. The van der Waals surface area contributed by atoms with Gasteiger partial charge in [0.25, 0.3) is 22.6 Å². The molecule has 4 aromatic carbocycles. The van der Waals surface area contributed by atoms with Gasteiger partial charge >= 0.3 is 48.4 Å². The van der Waals surface area contributed by atoms with E-state index in [1.807, 2.05) is 15.0 Å². The molecule has 3 aromatic heterocycles. The zero-order valence-corrected chi connectivity index (χ0v) is 65.9. The number of hydrogen-bond acceptors (Lipinski definition) is 36. The SMILES string of the molecule is COc1cccc2c1OP(=O)(OC[C@]1(F)C[C@@H](O)[C@H](n3ccc(=O)[nH]c3=O)O1)OC2.[2H]C([2H])(OP1(=O)OCc2cccc(OC)c2O1)[C@]1(F)C[C@@H](O)[C@H](n2ccc(=O)[nH]c2=O)O1.[2H]C([2H])(OP1(=O)OCc2cccc(OC)c2O1)[C@]1(F)C[C@@H](O)[C@]([2H])(N2C=CC(=O)NC2=C)O1.[2H][C@@]1(n2ccc(=O)[nH]c2=O)O[C@](F)(COP2(=O)OCc3cccc(OC)c3O2)C[C@H]1O. The molecule has 12 heterocycles. The molecule has 8 N–H and O–H groups in total. The number of methoxy groups -OCH3 is 4. The van der Waals surface area contributed by atoms with E-state index in [0.717, 1.165) is 58.5 Å². The van der Waals surface area contributed by atoms with Crippen LogP contribution in [0.4, 0.5) is 17.6 Å². The standard InChI is InChI=1S/C18H20FN2O8P.3C17H18FN2O9P/c1-11-20-15(23)6-7-21(11)17-13(22)8-18(19,28-17)10-27-30(24)26-9-12-4-3-5-14(25-2)16(12)29-30;3*1-25-12-4-2-3-10-8-26-30(24,29-14(10)12)27-9-17(18)7-11(21)15(28-17)20-6-5-13(22)19-16(20)23/h3-7,13,17,22H,1,8-10H2,2H3,(H,20,23);3*2-6,11,15,21H,7-9H2,1H3,(H,19,22,23)/t13-,17-,18+,30?;3*11-,15-,17+,30?/m1111/s1/i10D2,17D;15D;9D2;. The van der Waals surface area contributed by atoms with Gasteiger partial charge in [-0.3, -0.25) is 84.0 Å². The summed E-state index contributed by atoms with van der Waals surface area (Å²) in [6, 6.07) is 22.2. The second kappa shape index (κ2) is 35.3. The lowest BCUT2D eigenvalue weighted by Crippen LogP contribution is -2.45. The molecule has 4 saturated heterocycles.